The van der Waals surface area contributed by atoms with E-state index in [9.17, 15) is 14.2 Å². The van der Waals surface area contributed by atoms with E-state index in [1.807, 2.05) is 0 Å². The van der Waals surface area contributed by atoms with Crippen molar-refractivity contribution in [3.8, 4) is 0 Å². The van der Waals surface area contributed by atoms with E-state index in [0.717, 1.165) is 83.5 Å². The Morgan fingerprint density at radius 2 is 1.10 bits per heavy atom. The third-order valence-corrected chi connectivity index (χ3v) is 6.83. The van der Waals surface area contributed by atoms with Crippen LogP contribution >= 0.6 is 7.82 Å². The fraction of sp³-hybridized carbons (Fsp3) is 0.750. The van der Waals surface area contributed by atoms with Crippen molar-refractivity contribution in [2.75, 3.05) is 13.2 Å². The van der Waals surface area contributed by atoms with Gasteiger partial charge in [0.2, 0.25) is 0 Å². The minimum absolute atomic E-state index is 0.193. The van der Waals surface area contributed by atoms with Crippen LogP contribution in [0.5, 0.6) is 0 Å². The second-order valence-corrected chi connectivity index (χ2v) is 11.7. The van der Waals surface area contributed by atoms with Gasteiger partial charge in [0.1, 0.15) is 6.61 Å². The van der Waals surface area contributed by atoms with Gasteiger partial charge < -0.3 is 19.3 Å². The number of rotatable bonds is 28. The molecular formula is C32H57O8P. The van der Waals surface area contributed by atoms with E-state index in [2.05, 4.69) is 54.8 Å². The third kappa shape index (κ3) is 31.0. The molecule has 0 aliphatic heterocycles. The summed E-state index contributed by atoms with van der Waals surface area (Å²) in [7, 11) is -4.75. The minimum Gasteiger partial charge on any atom is -0.462 e. The Kier molecular flexibility index (Phi) is 27.2. The fourth-order valence-electron chi connectivity index (χ4n) is 4.00. The second kappa shape index (κ2) is 28.4. The Morgan fingerprint density at radius 1 is 0.634 bits per heavy atom. The standard InChI is InChI=1S/C32H57O8P/c1-3-5-7-9-11-13-15-16-17-19-21-23-25-27-32(34)40-30(29-39-41(35,36)37)28-38-31(33)26-24-22-20-18-14-12-10-8-6-4-2/h7-10,13,15,30H,3-6,11-12,14,16-29H2,1-2H3,(H2,35,36,37)/b9-7-,10-8-,15-13-. The van der Waals surface area contributed by atoms with Gasteiger partial charge in [-0.3, -0.25) is 14.1 Å². The van der Waals surface area contributed by atoms with Crippen LogP contribution in [0.4, 0.5) is 0 Å². The average Bonchev–Trinajstić information content (AvgIpc) is 2.93. The van der Waals surface area contributed by atoms with E-state index in [4.69, 9.17) is 19.3 Å². The van der Waals surface area contributed by atoms with Crippen LogP contribution in [-0.4, -0.2) is 41.0 Å². The van der Waals surface area contributed by atoms with E-state index in [1.54, 1.807) is 0 Å². The van der Waals surface area contributed by atoms with Crippen LogP contribution in [0.3, 0.4) is 0 Å². The molecule has 0 rings (SSSR count). The van der Waals surface area contributed by atoms with Gasteiger partial charge in [0.15, 0.2) is 6.10 Å². The molecule has 0 aromatic rings. The molecule has 8 nitrogen and oxygen atoms in total. The number of esters is 2. The number of phosphoric acid groups is 1. The lowest BCUT2D eigenvalue weighted by Crippen LogP contribution is -2.29. The molecule has 0 saturated heterocycles. The monoisotopic (exact) mass is 600 g/mol. The van der Waals surface area contributed by atoms with Gasteiger partial charge in [-0.1, -0.05) is 102 Å². The van der Waals surface area contributed by atoms with Crippen molar-refractivity contribution in [2.24, 2.45) is 0 Å². The van der Waals surface area contributed by atoms with Gasteiger partial charge in [-0.2, -0.15) is 0 Å². The maximum absolute atomic E-state index is 12.3. The largest absolute Gasteiger partial charge is 0.469 e. The highest BCUT2D eigenvalue weighted by atomic mass is 31.2. The van der Waals surface area contributed by atoms with Crippen LogP contribution in [0.2, 0.25) is 0 Å². The lowest BCUT2D eigenvalue weighted by atomic mass is 10.1. The second-order valence-electron chi connectivity index (χ2n) is 10.4. The van der Waals surface area contributed by atoms with E-state index >= 15 is 0 Å². The first-order chi connectivity index (χ1) is 19.8. The van der Waals surface area contributed by atoms with Crippen molar-refractivity contribution in [1.82, 2.24) is 0 Å². The Balaban J connectivity index is 4.09. The zero-order valence-electron chi connectivity index (χ0n) is 25.7. The quantitative estimate of drug-likeness (QED) is 0.0396. The number of allylic oxidation sites excluding steroid dienone is 6. The number of hydrogen-bond acceptors (Lipinski definition) is 6. The Morgan fingerprint density at radius 3 is 1.66 bits per heavy atom. The Labute approximate surface area is 249 Å². The Hall–Kier alpha value is -1.73. The number of ether oxygens (including phenoxy) is 2. The van der Waals surface area contributed by atoms with Gasteiger partial charge in [0, 0.05) is 12.8 Å². The minimum atomic E-state index is -4.75. The maximum Gasteiger partial charge on any atom is 0.469 e. The first-order valence-electron chi connectivity index (χ1n) is 15.8. The molecule has 0 aromatic heterocycles. The zero-order valence-corrected chi connectivity index (χ0v) is 26.6. The van der Waals surface area contributed by atoms with E-state index < -0.39 is 32.5 Å². The summed E-state index contributed by atoms with van der Waals surface area (Å²) in [5.74, 6) is -0.920. The number of carbonyl (C=O) groups is 2. The summed E-state index contributed by atoms with van der Waals surface area (Å²) in [6.45, 7) is 3.50. The van der Waals surface area contributed by atoms with Gasteiger partial charge in [-0.25, -0.2) is 4.57 Å². The summed E-state index contributed by atoms with van der Waals surface area (Å²) < 4.78 is 26.1. The highest BCUT2D eigenvalue weighted by molar-refractivity contribution is 7.46. The van der Waals surface area contributed by atoms with Crippen LogP contribution in [0.1, 0.15) is 136 Å². The lowest BCUT2D eigenvalue weighted by molar-refractivity contribution is -0.161. The molecule has 238 valence electrons. The predicted octanol–water partition coefficient (Wildman–Crippen LogP) is 8.67. The Bertz CT molecular complexity index is 772. The van der Waals surface area contributed by atoms with Crippen molar-refractivity contribution in [1.29, 1.82) is 0 Å². The maximum atomic E-state index is 12.3. The SMILES string of the molecule is CCC/C=C\C/C=C\CCCCCCCC(=O)OC(COC(=O)CCCCCCC/C=C\CCC)COP(=O)(O)O. The van der Waals surface area contributed by atoms with Crippen molar-refractivity contribution >= 4 is 19.8 Å². The van der Waals surface area contributed by atoms with Crippen molar-refractivity contribution in [3.05, 3.63) is 36.5 Å². The molecule has 1 atom stereocenters. The summed E-state index contributed by atoms with van der Waals surface area (Å²) in [6.07, 6.45) is 30.2. The van der Waals surface area contributed by atoms with Gasteiger partial charge >= 0.3 is 19.8 Å². The van der Waals surface area contributed by atoms with Gasteiger partial charge in [-0.05, 0) is 57.8 Å². The van der Waals surface area contributed by atoms with Crippen LogP contribution < -0.4 is 0 Å². The van der Waals surface area contributed by atoms with Crippen molar-refractivity contribution < 1.29 is 37.9 Å². The number of carbonyl (C=O) groups excluding carboxylic acids is 2. The third-order valence-electron chi connectivity index (χ3n) is 6.34. The van der Waals surface area contributed by atoms with Crippen LogP contribution in [0.25, 0.3) is 0 Å². The molecule has 2 N–H and O–H groups in total. The molecule has 0 aromatic carbocycles. The summed E-state index contributed by atoms with van der Waals surface area (Å²) in [5.41, 5.74) is 0. The molecular weight excluding hydrogens is 543 g/mol. The lowest BCUT2D eigenvalue weighted by Gasteiger charge is -2.18. The molecule has 0 bridgehead atoms. The summed E-state index contributed by atoms with van der Waals surface area (Å²) >= 11 is 0. The van der Waals surface area contributed by atoms with Gasteiger partial charge in [-0.15, -0.1) is 0 Å². The highest BCUT2D eigenvalue weighted by Crippen LogP contribution is 2.35. The molecule has 0 spiro atoms. The predicted molar refractivity (Wildman–Crippen MR) is 165 cm³/mol. The van der Waals surface area contributed by atoms with Gasteiger partial charge in [0.25, 0.3) is 0 Å². The van der Waals surface area contributed by atoms with Crippen LogP contribution in [-0.2, 0) is 28.2 Å². The first kappa shape index (κ1) is 39.3. The normalized spacial score (nSPS) is 13.0. The number of phosphoric ester groups is 1. The highest BCUT2D eigenvalue weighted by Gasteiger charge is 2.22. The van der Waals surface area contributed by atoms with E-state index in [-0.39, 0.29) is 19.4 Å². The molecule has 0 radical (unpaired) electrons. The summed E-state index contributed by atoms with van der Waals surface area (Å²) in [6, 6.07) is 0. The summed E-state index contributed by atoms with van der Waals surface area (Å²) in [4.78, 5) is 42.4. The average molecular weight is 601 g/mol. The molecule has 0 aliphatic carbocycles. The van der Waals surface area contributed by atoms with E-state index in [1.165, 1.54) is 12.8 Å². The summed E-state index contributed by atoms with van der Waals surface area (Å²) in [5, 5.41) is 0. The zero-order chi connectivity index (χ0) is 30.4. The molecule has 1 unspecified atom stereocenters. The molecule has 0 aliphatic rings. The molecule has 41 heavy (non-hydrogen) atoms. The molecule has 0 fully saturated rings. The fourth-order valence-corrected chi connectivity index (χ4v) is 4.36. The topological polar surface area (TPSA) is 119 Å². The van der Waals surface area contributed by atoms with Gasteiger partial charge in [0.05, 0.1) is 6.61 Å². The number of unbranched alkanes of at least 4 members (excludes halogenated alkanes) is 12. The van der Waals surface area contributed by atoms with Crippen LogP contribution in [0.15, 0.2) is 36.5 Å². The first-order valence-corrected chi connectivity index (χ1v) is 17.3. The molecule has 0 saturated carbocycles. The van der Waals surface area contributed by atoms with Crippen LogP contribution in [0, 0.1) is 0 Å². The van der Waals surface area contributed by atoms with Crippen molar-refractivity contribution in [3.63, 3.8) is 0 Å². The molecule has 9 heteroatoms. The van der Waals surface area contributed by atoms with Crippen molar-refractivity contribution in [2.45, 2.75) is 142 Å². The molecule has 0 heterocycles. The smallest absolute Gasteiger partial charge is 0.462 e. The number of hydrogen-bond donors (Lipinski definition) is 2. The molecule has 0 amide bonds. The van der Waals surface area contributed by atoms with E-state index in [0.29, 0.717) is 12.8 Å².